The van der Waals surface area contributed by atoms with Crippen LogP contribution in [0.2, 0.25) is 0 Å². The van der Waals surface area contributed by atoms with E-state index in [2.05, 4.69) is 29.2 Å². The van der Waals surface area contributed by atoms with E-state index in [0.717, 1.165) is 58.4 Å². The van der Waals surface area contributed by atoms with Crippen LogP contribution in [0.25, 0.3) is 21.5 Å². The minimum absolute atomic E-state index is 0.0831. The topological polar surface area (TPSA) is 169 Å². The molecule has 3 amide bonds. The van der Waals surface area contributed by atoms with E-state index in [4.69, 9.17) is 19.4 Å². The number of allylic oxidation sites excluding steroid dienone is 1. The largest absolute Gasteiger partial charge is 0.496 e. The lowest BCUT2D eigenvalue weighted by Crippen LogP contribution is -2.57. The van der Waals surface area contributed by atoms with Gasteiger partial charge < -0.3 is 25.0 Å². The van der Waals surface area contributed by atoms with Gasteiger partial charge in [0.25, 0.3) is 5.91 Å². The third-order valence-electron chi connectivity index (χ3n) is 12.0. The number of pyridine rings is 1. The predicted octanol–water partition coefficient (Wildman–Crippen LogP) is 6.63. The summed E-state index contributed by atoms with van der Waals surface area (Å²) in [5.41, 5.74) is 1.83. The average molecular weight is 841 g/mol. The van der Waals surface area contributed by atoms with Crippen molar-refractivity contribution in [3.05, 3.63) is 77.3 Å². The molecule has 0 radical (unpaired) electrons. The van der Waals surface area contributed by atoms with E-state index in [9.17, 15) is 22.8 Å². The predicted molar refractivity (Wildman–Crippen MR) is 228 cm³/mol. The van der Waals surface area contributed by atoms with Crippen LogP contribution >= 0.6 is 11.3 Å². The minimum atomic E-state index is -3.88. The molecule has 4 heterocycles. The summed E-state index contributed by atoms with van der Waals surface area (Å²) in [6.45, 7) is 6.25. The third-order valence-corrected chi connectivity index (χ3v) is 14.7. The Morgan fingerprint density at radius 1 is 1.03 bits per heavy atom. The highest BCUT2D eigenvalue weighted by Crippen LogP contribution is 2.46. The summed E-state index contributed by atoms with van der Waals surface area (Å²) in [5.74, 6) is -0.639. The minimum Gasteiger partial charge on any atom is -0.496 e. The van der Waals surface area contributed by atoms with Crippen molar-refractivity contribution in [2.75, 3.05) is 19.0 Å². The molecule has 5 atom stereocenters. The number of anilines is 1. The van der Waals surface area contributed by atoms with Crippen molar-refractivity contribution < 1.29 is 32.3 Å². The normalized spacial score (nSPS) is 25.1. The van der Waals surface area contributed by atoms with Crippen molar-refractivity contribution in [2.45, 2.75) is 113 Å². The fourth-order valence-corrected chi connectivity index (χ4v) is 10.6. The fourth-order valence-electron chi connectivity index (χ4n) is 8.25. The zero-order valence-corrected chi connectivity index (χ0v) is 35.5. The number of ether oxygens (including phenoxy) is 2. The van der Waals surface area contributed by atoms with Crippen LogP contribution in [0.4, 0.5) is 5.69 Å². The average Bonchev–Trinajstić information content (AvgIpc) is 4.09. The fraction of sp³-hybridized carbons (Fsp3) is 0.477. The quantitative estimate of drug-likeness (QED) is 0.148. The molecule has 4 aromatic rings. The molecule has 3 N–H and O–H groups in total. The molecule has 2 aromatic heterocycles. The molecule has 15 heteroatoms. The second-order valence-corrected chi connectivity index (χ2v) is 19.4. The molecular weight excluding hydrogens is 789 g/mol. The lowest BCUT2D eigenvalue weighted by Gasteiger charge is -2.30. The van der Waals surface area contributed by atoms with Crippen molar-refractivity contribution >= 4 is 55.5 Å². The zero-order valence-electron chi connectivity index (χ0n) is 33.9. The Kier molecular flexibility index (Phi) is 11.4. The number of benzene rings is 2. The number of hydrogen-bond donors (Lipinski definition) is 3. The van der Waals surface area contributed by atoms with Gasteiger partial charge in [0.05, 0.1) is 24.6 Å². The van der Waals surface area contributed by atoms with Crippen LogP contribution < -0.4 is 24.8 Å². The van der Waals surface area contributed by atoms with Gasteiger partial charge in [0.15, 0.2) is 0 Å². The van der Waals surface area contributed by atoms with Crippen molar-refractivity contribution in [3.63, 3.8) is 0 Å². The number of carbonyl (C=O) groups is 3. The Morgan fingerprint density at radius 3 is 2.56 bits per heavy atom. The summed E-state index contributed by atoms with van der Waals surface area (Å²) in [6.07, 6.45) is 8.47. The van der Waals surface area contributed by atoms with Gasteiger partial charge in [0.2, 0.25) is 27.7 Å². The van der Waals surface area contributed by atoms with E-state index >= 15 is 0 Å². The number of nitrogens with one attached hydrogen (secondary N) is 3. The number of para-hydroxylation sites is 1. The second kappa shape index (κ2) is 16.6. The Labute approximate surface area is 349 Å². The Morgan fingerprint density at radius 2 is 1.83 bits per heavy atom. The van der Waals surface area contributed by atoms with E-state index in [1.165, 1.54) is 11.3 Å². The van der Waals surface area contributed by atoms with Gasteiger partial charge in [-0.3, -0.25) is 19.1 Å². The molecule has 0 bridgehead atoms. The van der Waals surface area contributed by atoms with E-state index in [1.807, 2.05) is 73.0 Å². The summed E-state index contributed by atoms with van der Waals surface area (Å²) in [6, 6.07) is 13.6. The Hall–Kier alpha value is -5.02. The van der Waals surface area contributed by atoms with Crippen LogP contribution in [0.1, 0.15) is 88.8 Å². The third kappa shape index (κ3) is 8.54. The first kappa shape index (κ1) is 40.7. The van der Waals surface area contributed by atoms with Crippen LogP contribution in [0.5, 0.6) is 11.6 Å². The first-order valence-electron chi connectivity index (χ1n) is 20.6. The van der Waals surface area contributed by atoms with E-state index in [-0.39, 0.29) is 31.2 Å². The maximum absolute atomic E-state index is 14.8. The van der Waals surface area contributed by atoms with Crippen molar-refractivity contribution in [1.82, 2.24) is 24.9 Å². The van der Waals surface area contributed by atoms with Gasteiger partial charge in [-0.25, -0.2) is 18.4 Å². The first-order valence-corrected chi connectivity index (χ1v) is 23.1. The van der Waals surface area contributed by atoms with E-state index < -0.39 is 56.7 Å². The summed E-state index contributed by atoms with van der Waals surface area (Å²) in [7, 11) is -2.25. The smallest absolute Gasteiger partial charge is 0.259 e. The van der Waals surface area contributed by atoms with Crippen LogP contribution in [-0.4, -0.2) is 83.6 Å². The number of methoxy groups -OCH3 is 1. The molecule has 4 aliphatic rings. The number of sulfonamides is 1. The summed E-state index contributed by atoms with van der Waals surface area (Å²) >= 11 is 1.51. The van der Waals surface area contributed by atoms with Crippen LogP contribution in [0.3, 0.4) is 0 Å². The molecule has 1 saturated heterocycles. The summed E-state index contributed by atoms with van der Waals surface area (Å²) in [4.78, 5) is 54.8. The highest BCUT2D eigenvalue weighted by molar-refractivity contribution is 7.91. The van der Waals surface area contributed by atoms with Gasteiger partial charge in [-0.05, 0) is 92.6 Å². The molecule has 312 valence electrons. The second-order valence-electron chi connectivity index (χ2n) is 16.6. The van der Waals surface area contributed by atoms with Gasteiger partial charge in [-0.1, -0.05) is 57.0 Å². The van der Waals surface area contributed by atoms with Gasteiger partial charge in [-0.15, -0.1) is 11.3 Å². The molecule has 3 fully saturated rings. The number of amides is 3. The first-order chi connectivity index (χ1) is 28.4. The van der Waals surface area contributed by atoms with Crippen LogP contribution in [-0.2, 0) is 24.4 Å². The van der Waals surface area contributed by atoms with Gasteiger partial charge in [-0.2, -0.15) is 0 Å². The molecule has 59 heavy (non-hydrogen) atoms. The summed E-state index contributed by atoms with van der Waals surface area (Å²) < 4.78 is 40.7. The number of rotatable bonds is 10. The molecule has 8 rings (SSSR count). The maximum atomic E-state index is 14.8. The SMILES string of the molecule is COc1ccc2c(O[C@@H]3C[C@H]4C(=O)N[C@]5(C(=O)NS(=O)(=O)C6CC6)C[C@H]5C=CCCCCC[C@H](Nc5ccccc5)C(=O)N4C3)nc(-c3nc(C(C)C)cs3)cc2c1C. The number of nitrogens with zero attached hydrogens (tertiary/aromatic N) is 3. The number of thiazole rings is 1. The van der Waals surface area contributed by atoms with Gasteiger partial charge >= 0.3 is 0 Å². The van der Waals surface area contributed by atoms with Crippen molar-refractivity contribution in [3.8, 4) is 22.3 Å². The number of hydrogen-bond acceptors (Lipinski definition) is 11. The van der Waals surface area contributed by atoms with Crippen molar-refractivity contribution in [1.29, 1.82) is 0 Å². The lowest BCUT2D eigenvalue weighted by molar-refractivity contribution is -0.140. The zero-order chi connectivity index (χ0) is 41.5. The molecule has 2 aliphatic carbocycles. The molecule has 0 unspecified atom stereocenters. The molecule has 2 aliphatic heterocycles. The number of fused-ring (bicyclic) bond motifs is 3. The highest BCUT2D eigenvalue weighted by atomic mass is 32.2. The molecule has 13 nitrogen and oxygen atoms in total. The lowest BCUT2D eigenvalue weighted by atomic mass is 10.0. The van der Waals surface area contributed by atoms with E-state index in [0.29, 0.717) is 36.6 Å². The molecule has 2 aromatic carbocycles. The van der Waals surface area contributed by atoms with Crippen molar-refractivity contribution in [2.24, 2.45) is 5.92 Å². The number of carbonyl (C=O) groups excluding carboxylic acids is 3. The monoisotopic (exact) mass is 840 g/mol. The molecule has 0 spiro atoms. The maximum Gasteiger partial charge on any atom is 0.259 e. The number of aryl methyl sites for hydroxylation is 1. The molecular formula is C44H52N6O7S2. The highest BCUT2D eigenvalue weighted by Gasteiger charge is 2.62. The van der Waals surface area contributed by atoms with Crippen LogP contribution in [0.15, 0.2) is 66.1 Å². The van der Waals surface area contributed by atoms with E-state index in [1.54, 1.807) is 12.0 Å². The Balaban J connectivity index is 1.15. The standard InChI is InChI=1S/C44H52N6O7S2/c1-26(2)36-25-58-41(47-36)35-22-33-27(3)38(56-4)20-19-32(33)40(46-35)57-30-21-37-39(51)48-44(43(53)49-59(54,55)31-17-18-31)23-28(44)13-9-6-5-7-12-16-34(42(52)50(37)24-30)45-29-14-10-8-11-15-29/h8-11,13-15,19-20,22,25-26,28,30-31,34,37,45H,5-7,12,16-18,21,23-24H2,1-4H3,(H,48,51)(H,49,53)/t28-,30-,34+,37+,44-/m1/s1. The van der Waals surface area contributed by atoms with Gasteiger partial charge in [0, 0.05) is 28.8 Å². The molecule has 2 saturated carbocycles. The van der Waals surface area contributed by atoms with Gasteiger partial charge in [0.1, 0.15) is 40.2 Å². The Bertz CT molecular complexity index is 2380. The number of aromatic nitrogens is 2. The van der Waals surface area contributed by atoms with Crippen LogP contribution in [0, 0.1) is 12.8 Å². The summed E-state index contributed by atoms with van der Waals surface area (Å²) in [5, 5.41) is 10.2.